The smallest absolute Gasteiger partial charge is 0.337 e. The molecule has 1 saturated heterocycles. The molecule has 3 aromatic rings. The van der Waals surface area contributed by atoms with E-state index in [4.69, 9.17) is 14.7 Å². The van der Waals surface area contributed by atoms with E-state index in [2.05, 4.69) is 46.0 Å². The number of aromatic nitrogens is 1. The van der Waals surface area contributed by atoms with Crippen molar-refractivity contribution in [2.24, 2.45) is 0 Å². The summed E-state index contributed by atoms with van der Waals surface area (Å²) in [5.41, 5.74) is 5.28. The third kappa shape index (κ3) is 4.73. The zero-order valence-electron chi connectivity index (χ0n) is 17.8. The van der Waals surface area contributed by atoms with Gasteiger partial charge in [0.05, 0.1) is 38.4 Å². The van der Waals surface area contributed by atoms with Gasteiger partial charge >= 0.3 is 5.97 Å². The summed E-state index contributed by atoms with van der Waals surface area (Å²) in [6, 6.07) is 16.6. The van der Waals surface area contributed by atoms with Crippen molar-refractivity contribution in [3.63, 3.8) is 0 Å². The van der Waals surface area contributed by atoms with E-state index in [1.807, 2.05) is 12.1 Å². The zero-order valence-corrected chi connectivity index (χ0v) is 17.8. The van der Waals surface area contributed by atoms with Gasteiger partial charge in [-0.2, -0.15) is 5.26 Å². The van der Waals surface area contributed by atoms with Crippen LogP contribution in [-0.2, 0) is 28.9 Å². The minimum atomic E-state index is -0.337. The third-order valence-corrected chi connectivity index (χ3v) is 5.84. The number of benzene rings is 2. The fourth-order valence-corrected chi connectivity index (χ4v) is 4.14. The van der Waals surface area contributed by atoms with Crippen molar-refractivity contribution in [3.8, 4) is 6.07 Å². The van der Waals surface area contributed by atoms with Crippen molar-refractivity contribution in [2.45, 2.75) is 25.8 Å². The first-order valence-electron chi connectivity index (χ1n) is 10.7. The van der Waals surface area contributed by atoms with Crippen LogP contribution in [0.3, 0.4) is 0 Å². The van der Waals surface area contributed by atoms with E-state index in [0.717, 1.165) is 50.0 Å². The highest BCUT2D eigenvalue weighted by Crippen LogP contribution is 2.26. The highest BCUT2D eigenvalue weighted by molar-refractivity contribution is 5.96. The van der Waals surface area contributed by atoms with E-state index in [1.54, 1.807) is 6.07 Å². The highest BCUT2D eigenvalue weighted by atomic mass is 16.5. The van der Waals surface area contributed by atoms with Crippen molar-refractivity contribution in [1.82, 2.24) is 4.57 Å². The van der Waals surface area contributed by atoms with Gasteiger partial charge < -0.3 is 18.9 Å². The molecule has 1 aromatic heterocycles. The van der Waals surface area contributed by atoms with Crippen molar-refractivity contribution in [2.75, 3.05) is 38.3 Å². The standard InChI is InChI=1S/C25H27N3O3/c1-30-25(29)20-7-10-24-23(17-20)21(18-28(24)12-2-11-26)6-3-19-4-8-22(9-5-19)27-13-15-31-16-14-27/h4-5,7-10,17-18H,2-3,6,12-16H2,1H3. The molecule has 2 aromatic carbocycles. The summed E-state index contributed by atoms with van der Waals surface area (Å²) in [6.07, 6.45) is 4.33. The van der Waals surface area contributed by atoms with Gasteiger partial charge in [-0.25, -0.2) is 4.79 Å². The summed E-state index contributed by atoms with van der Waals surface area (Å²) < 4.78 is 12.4. The summed E-state index contributed by atoms with van der Waals surface area (Å²) in [7, 11) is 1.39. The Morgan fingerprint density at radius 1 is 1.13 bits per heavy atom. The normalized spacial score (nSPS) is 13.9. The number of aryl methyl sites for hydroxylation is 3. The molecule has 1 aliphatic rings. The number of morpholine rings is 1. The summed E-state index contributed by atoms with van der Waals surface area (Å²) in [6.45, 7) is 4.07. The van der Waals surface area contributed by atoms with Gasteiger partial charge in [-0.05, 0) is 54.3 Å². The Morgan fingerprint density at radius 2 is 1.90 bits per heavy atom. The van der Waals surface area contributed by atoms with Gasteiger partial charge in [0.25, 0.3) is 0 Å². The molecular weight excluding hydrogens is 390 g/mol. The molecule has 0 radical (unpaired) electrons. The second kappa shape index (κ2) is 9.67. The largest absolute Gasteiger partial charge is 0.465 e. The molecule has 6 nitrogen and oxygen atoms in total. The molecule has 1 aliphatic heterocycles. The predicted molar refractivity (Wildman–Crippen MR) is 120 cm³/mol. The number of nitriles is 1. The van der Waals surface area contributed by atoms with Crippen molar-refractivity contribution in [1.29, 1.82) is 5.26 Å². The summed E-state index contributed by atoms with van der Waals surface area (Å²) in [5.74, 6) is -0.337. The van der Waals surface area contributed by atoms with E-state index in [0.29, 0.717) is 18.5 Å². The van der Waals surface area contributed by atoms with Crippen LogP contribution in [0.4, 0.5) is 5.69 Å². The number of rotatable bonds is 7. The lowest BCUT2D eigenvalue weighted by molar-refractivity contribution is 0.0601. The van der Waals surface area contributed by atoms with Crippen LogP contribution < -0.4 is 4.90 Å². The molecule has 2 heterocycles. The second-order valence-corrected chi connectivity index (χ2v) is 7.75. The quantitative estimate of drug-likeness (QED) is 0.544. The zero-order chi connectivity index (χ0) is 21.6. The maximum Gasteiger partial charge on any atom is 0.337 e. The van der Waals surface area contributed by atoms with Crippen LogP contribution in [0.1, 0.15) is 27.9 Å². The van der Waals surface area contributed by atoms with Crippen LogP contribution in [-0.4, -0.2) is 43.9 Å². The Kier molecular flexibility index (Phi) is 6.54. The SMILES string of the molecule is COC(=O)c1ccc2c(c1)c(CCc1ccc(N3CCOCC3)cc1)cn2CCC#N. The number of nitrogens with zero attached hydrogens (tertiary/aromatic N) is 3. The van der Waals surface area contributed by atoms with Gasteiger partial charge in [-0.15, -0.1) is 0 Å². The number of hydrogen-bond acceptors (Lipinski definition) is 5. The van der Waals surface area contributed by atoms with Gasteiger partial charge in [-0.3, -0.25) is 0 Å². The Bertz CT molecular complexity index is 1090. The molecule has 0 saturated carbocycles. The molecule has 0 N–H and O–H groups in total. The second-order valence-electron chi connectivity index (χ2n) is 7.75. The Hall–Kier alpha value is -3.30. The van der Waals surface area contributed by atoms with Crippen molar-refractivity contribution in [3.05, 3.63) is 65.4 Å². The maximum atomic E-state index is 12.0. The van der Waals surface area contributed by atoms with Gasteiger partial charge in [0, 0.05) is 42.4 Å². The highest BCUT2D eigenvalue weighted by Gasteiger charge is 2.14. The minimum Gasteiger partial charge on any atom is -0.465 e. The molecule has 0 amide bonds. The lowest BCUT2D eigenvalue weighted by Gasteiger charge is -2.28. The summed E-state index contributed by atoms with van der Waals surface area (Å²) in [5, 5.41) is 10.0. The fraction of sp³-hybridized carbons (Fsp3) is 0.360. The van der Waals surface area contributed by atoms with E-state index in [9.17, 15) is 4.79 Å². The maximum absolute atomic E-state index is 12.0. The number of methoxy groups -OCH3 is 1. The van der Waals surface area contributed by atoms with Crippen LogP contribution in [0, 0.1) is 11.3 Å². The number of ether oxygens (including phenoxy) is 2. The topological polar surface area (TPSA) is 67.5 Å². The average molecular weight is 418 g/mol. The molecule has 0 unspecified atom stereocenters. The van der Waals surface area contributed by atoms with E-state index in [-0.39, 0.29) is 5.97 Å². The van der Waals surface area contributed by atoms with E-state index >= 15 is 0 Å². The molecule has 6 heteroatoms. The number of esters is 1. The first kappa shape index (κ1) is 21.0. The monoisotopic (exact) mass is 417 g/mol. The first-order chi connectivity index (χ1) is 15.2. The lowest BCUT2D eigenvalue weighted by Crippen LogP contribution is -2.36. The number of carbonyl (C=O) groups is 1. The van der Waals surface area contributed by atoms with E-state index in [1.165, 1.54) is 23.9 Å². The molecule has 0 atom stereocenters. The Balaban J connectivity index is 1.53. The summed E-state index contributed by atoms with van der Waals surface area (Å²) in [4.78, 5) is 14.4. The average Bonchev–Trinajstić information content (AvgIpc) is 3.18. The van der Waals surface area contributed by atoms with Crippen LogP contribution in [0.5, 0.6) is 0 Å². The van der Waals surface area contributed by atoms with Crippen molar-refractivity contribution < 1.29 is 14.3 Å². The van der Waals surface area contributed by atoms with Crippen LogP contribution in [0.2, 0.25) is 0 Å². The molecule has 0 spiro atoms. The molecule has 4 rings (SSSR count). The lowest BCUT2D eigenvalue weighted by atomic mass is 10.0. The van der Waals surface area contributed by atoms with Gasteiger partial charge in [0.1, 0.15) is 0 Å². The molecule has 0 aliphatic carbocycles. The fourth-order valence-electron chi connectivity index (χ4n) is 4.14. The predicted octanol–water partition coefficient (Wildman–Crippen LogP) is 3.96. The van der Waals surface area contributed by atoms with Crippen LogP contribution in [0.25, 0.3) is 10.9 Å². The van der Waals surface area contributed by atoms with Gasteiger partial charge in [0.15, 0.2) is 0 Å². The van der Waals surface area contributed by atoms with E-state index < -0.39 is 0 Å². The molecule has 0 bridgehead atoms. The van der Waals surface area contributed by atoms with Crippen LogP contribution >= 0.6 is 0 Å². The third-order valence-electron chi connectivity index (χ3n) is 5.84. The Labute approximate surface area is 182 Å². The Morgan fingerprint density at radius 3 is 2.61 bits per heavy atom. The molecular formula is C25H27N3O3. The minimum absolute atomic E-state index is 0.337. The molecule has 160 valence electrons. The molecule has 1 fully saturated rings. The molecule has 31 heavy (non-hydrogen) atoms. The number of fused-ring (bicyclic) bond motifs is 1. The van der Waals surface area contributed by atoms with Gasteiger partial charge in [0.2, 0.25) is 0 Å². The van der Waals surface area contributed by atoms with Crippen molar-refractivity contribution >= 4 is 22.6 Å². The summed E-state index contributed by atoms with van der Waals surface area (Å²) >= 11 is 0. The first-order valence-corrected chi connectivity index (χ1v) is 10.7. The number of hydrogen-bond donors (Lipinski definition) is 0. The number of carbonyl (C=O) groups excluding carboxylic acids is 1. The van der Waals surface area contributed by atoms with Crippen LogP contribution in [0.15, 0.2) is 48.7 Å². The number of anilines is 1. The van der Waals surface area contributed by atoms with Gasteiger partial charge in [-0.1, -0.05) is 12.1 Å².